The summed E-state index contributed by atoms with van der Waals surface area (Å²) in [4.78, 5) is 9.46. The summed E-state index contributed by atoms with van der Waals surface area (Å²) < 4.78 is 2.23. The third-order valence-corrected chi connectivity index (χ3v) is 11.2. The maximum absolute atomic E-state index is 6.32. The van der Waals surface area contributed by atoms with Crippen molar-refractivity contribution >= 4 is 21.8 Å². The Kier molecular flexibility index (Phi) is 6.98. The van der Waals surface area contributed by atoms with Gasteiger partial charge in [0.1, 0.15) is 0 Å². The summed E-state index contributed by atoms with van der Waals surface area (Å²) in [5, 5.41) is 2.39. The quantitative estimate of drug-likeness (QED) is 0.179. The molecule has 8 aromatic rings. The minimum absolute atomic E-state index is 0.237. The molecule has 2 aromatic heterocycles. The fraction of sp³-hybridized carbons (Fsp3) is 0.130. The zero-order valence-corrected chi connectivity index (χ0v) is 28.3. The molecule has 6 aromatic carbocycles. The first kappa shape index (κ1) is 30.0. The molecule has 2 aliphatic rings. The van der Waals surface area contributed by atoms with Gasteiger partial charge in [0.2, 0.25) is 5.95 Å². The van der Waals surface area contributed by atoms with Gasteiger partial charge in [-0.2, -0.15) is 0 Å². The van der Waals surface area contributed by atoms with Crippen LogP contribution in [0.1, 0.15) is 56.3 Å². The number of aromatic nitrogens is 3. The van der Waals surface area contributed by atoms with Gasteiger partial charge in [-0.25, -0.2) is 9.97 Å². The van der Waals surface area contributed by atoms with Crippen molar-refractivity contribution in [3.8, 4) is 28.2 Å². The third kappa shape index (κ3) is 4.77. The first-order valence-electron chi connectivity index (χ1n) is 17.9. The first-order chi connectivity index (χ1) is 25.2. The van der Waals surface area contributed by atoms with Gasteiger partial charge in [0.25, 0.3) is 0 Å². The van der Waals surface area contributed by atoms with Crippen molar-refractivity contribution in [2.24, 2.45) is 11.5 Å². The van der Waals surface area contributed by atoms with Crippen LogP contribution in [0.2, 0.25) is 0 Å². The van der Waals surface area contributed by atoms with Gasteiger partial charge in [-0.3, -0.25) is 4.57 Å². The molecule has 2 heterocycles. The summed E-state index contributed by atoms with van der Waals surface area (Å²) in [7, 11) is 0. The summed E-state index contributed by atoms with van der Waals surface area (Å²) in [5.74, 6) is 1.15. The Morgan fingerprint density at radius 1 is 0.451 bits per heavy atom. The molecule has 10 rings (SSSR count). The molecule has 0 bridgehead atoms. The molecule has 5 heteroatoms. The van der Waals surface area contributed by atoms with Crippen molar-refractivity contribution in [3.05, 3.63) is 184 Å². The van der Waals surface area contributed by atoms with Gasteiger partial charge in [-0.05, 0) is 97.8 Å². The van der Waals surface area contributed by atoms with Gasteiger partial charge in [-0.15, -0.1) is 0 Å². The molecule has 2 atom stereocenters. The molecule has 5 nitrogen and oxygen atoms in total. The number of hydrogen-bond acceptors (Lipinski definition) is 4. The van der Waals surface area contributed by atoms with E-state index < -0.39 is 0 Å². The molecule has 0 fully saturated rings. The fourth-order valence-corrected chi connectivity index (χ4v) is 8.87. The summed E-state index contributed by atoms with van der Waals surface area (Å²) >= 11 is 0. The van der Waals surface area contributed by atoms with Gasteiger partial charge in [0.05, 0.1) is 11.0 Å². The summed E-state index contributed by atoms with van der Waals surface area (Å²) in [6, 6.07) is 46.8. The van der Waals surface area contributed by atoms with E-state index in [-0.39, 0.29) is 11.8 Å². The third-order valence-electron chi connectivity index (χ3n) is 11.2. The van der Waals surface area contributed by atoms with Crippen LogP contribution in [-0.4, -0.2) is 27.6 Å². The van der Waals surface area contributed by atoms with Gasteiger partial charge in [0.15, 0.2) is 0 Å². The highest BCUT2D eigenvalue weighted by molar-refractivity contribution is 6.09. The molecule has 0 saturated carbocycles. The van der Waals surface area contributed by atoms with E-state index in [2.05, 4.69) is 126 Å². The van der Waals surface area contributed by atoms with Crippen LogP contribution in [0, 0.1) is 0 Å². The van der Waals surface area contributed by atoms with Crippen molar-refractivity contribution in [1.82, 2.24) is 14.5 Å². The number of rotatable bonds is 7. The van der Waals surface area contributed by atoms with E-state index in [1.807, 2.05) is 18.5 Å². The SMILES string of the molecule is NCC1c2ccccc2-c2ccc(Cc3ccc4c5ccc(Cc6ccc7c(c6)C(CN)c6ccccc6-7)cc5n(-c5ncccn5)c4c3)cc21. The first-order valence-corrected chi connectivity index (χ1v) is 17.9. The number of nitrogens with zero attached hydrogens (tertiary/aromatic N) is 3. The normalized spacial score (nSPS) is 15.6. The highest BCUT2D eigenvalue weighted by atomic mass is 15.1. The maximum Gasteiger partial charge on any atom is 0.234 e. The van der Waals surface area contributed by atoms with Crippen LogP contribution in [0.25, 0.3) is 50.0 Å². The van der Waals surface area contributed by atoms with Crippen LogP contribution >= 0.6 is 0 Å². The second-order valence-corrected chi connectivity index (χ2v) is 14.0. The van der Waals surface area contributed by atoms with Gasteiger partial charge >= 0.3 is 0 Å². The highest BCUT2D eigenvalue weighted by Crippen LogP contribution is 2.46. The van der Waals surface area contributed by atoms with Gasteiger partial charge < -0.3 is 11.5 Å². The number of nitrogens with two attached hydrogens (primary N) is 2. The van der Waals surface area contributed by atoms with E-state index in [1.165, 1.54) is 77.5 Å². The molecule has 0 radical (unpaired) electrons. The average molecular weight is 660 g/mol. The van der Waals surface area contributed by atoms with Crippen molar-refractivity contribution in [1.29, 1.82) is 0 Å². The van der Waals surface area contributed by atoms with Crippen LogP contribution in [0.3, 0.4) is 0 Å². The monoisotopic (exact) mass is 659 g/mol. The Labute approximate surface area is 297 Å². The van der Waals surface area contributed by atoms with Crippen LogP contribution in [0.4, 0.5) is 0 Å². The van der Waals surface area contributed by atoms with E-state index in [9.17, 15) is 0 Å². The standard InChI is InChI=1S/C46H37N5/c47-26-42-34-8-3-1-6-32(34)36-14-10-28(22-40(36)42)20-30-12-16-38-39-17-13-31(25-45(39)51(44(38)24-30)46-49-18-5-19-50-46)21-29-11-15-37-33-7-2-4-9-35(33)43(27-48)41(37)23-29/h1-19,22-25,42-43H,20-21,26-27,47-48H2. The van der Waals surface area contributed by atoms with Crippen molar-refractivity contribution < 1.29 is 0 Å². The highest BCUT2D eigenvalue weighted by Gasteiger charge is 2.29. The molecule has 0 saturated heterocycles. The predicted molar refractivity (Wildman–Crippen MR) is 208 cm³/mol. The van der Waals surface area contributed by atoms with E-state index in [0.29, 0.717) is 19.0 Å². The van der Waals surface area contributed by atoms with Gasteiger partial charge in [0, 0.05) is 48.1 Å². The molecule has 2 unspecified atom stereocenters. The Bertz CT molecular complexity index is 2470. The molecule has 51 heavy (non-hydrogen) atoms. The Morgan fingerprint density at radius 3 is 1.37 bits per heavy atom. The predicted octanol–water partition coefficient (Wildman–Crippen LogP) is 8.90. The molecular formula is C46H37N5. The summed E-state index contributed by atoms with van der Waals surface area (Å²) in [5.41, 5.74) is 30.5. The van der Waals surface area contributed by atoms with Crippen molar-refractivity contribution in [3.63, 3.8) is 0 Å². The number of benzene rings is 6. The van der Waals surface area contributed by atoms with E-state index in [0.717, 1.165) is 23.9 Å². The second-order valence-electron chi connectivity index (χ2n) is 14.0. The number of hydrogen-bond donors (Lipinski definition) is 2. The molecule has 0 amide bonds. The lowest BCUT2D eigenvalue weighted by Crippen LogP contribution is -2.11. The van der Waals surface area contributed by atoms with Gasteiger partial charge in [-0.1, -0.05) is 109 Å². The van der Waals surface area contributed by atoms with E-state index in [1.54, 1.807) is 0 Å². The molecule has 246 valence electrons. The van der Waals surface area contributed by atoms with E-state index in [4.69, 9.17) is 21.4 Å². The Morgan fingerprint density at radius 2 is 0.882 bits per heavy atom. The lowest BCUT2D eigenvalue weighted by Gasteiger charge is -2.12. The smallest absolute Gasteiger partial charge is 0.234 e. The zero-order chi connectivity index (χ0) is 34.1. The summed E-state index contributed by atoms with van der Waals surface area (Å²) in [6.07, 6.45) is 5.29. The minimum Gasteiger partial charge on any atom is -0.330 e. The zero-order valence-electron chi connectivity index (χ0n) is 28.3. The molecule has 4 N–H and O–H groups in total. The molecular weight excluding hydrogens is 623 g/mol. The van der Waals surface area contributed by atoms with Crippen LogP contribution in [0.15, 0.2) is 140 Å². The number of fused-ring (bicyclic) bond motifs is 9. The molecule has 2 aliphatic carbocycles. The second kappa shape index (κ2) is 11.9. The Hall–Kier alpha value is -5.88. The van der Waals surface area contributed by atoms with Crippen LogP contribution in [-0.2, 0) is 12.8 Å². The maximum atomic E-state index is 6.32. The van der Waals surface area contributed by atoms with Crippen LogP contribution < -0.4 is 11.5 Å². The fourth-order valence-electron chi connectivity index (χ4n) is 8.87. The molecule has 0 aliphatic heterocycles. The lowest BCUT2D eigenvalue weighted by molar-refractivity contribution is 0.839. The summed E-state index contributed by atoms with van der Waals surface area (Å²) in [6.45, 7) is 1.21. The van der Waals surface area contributed by atoms with E-state index >= 15 is 0 Å². The lowest BCUT2D eigenvalue weighted by atomic mass is 9.94. The van der Waals surface area contributed by atoms with Crippen LogP contribution in [0.5, 0.6) is 0 Å². The minimum atomic E-state index is 0.237. The topological polar surface area (TPSA) is 82.8 Å². The molecule has 0 spiro atoms. The van der Waals surface area contributed by atoms with Crippen molar-refractivity contribution in [2.75, 3.05) is 13.1 Å². The van der Waals surface area contributed by atoms with Crippen molar-refractivity contribution in [2.45, 2.75) is 24.7 Å². The largest absolute Gasteiger partial charge is 0.330 e. The Balaban J connectivity index is 1.03. The average Bonchev–Trinajstić information content (AvgIpc) is 3.79.